The zero-order valence-electron chi connectivity index (χ0n) is 13.2. The van der Waals surface area contributed by atoms with Crippen molar-refractivity contribution in [3.8, 4) is 0 Å². The van der Waals surface area contributed by atoms with E-state index in [9.17, 15) is 4.79 Å². The summed E-state index contributed by atoms with van der Waals surface area (Å²) in [6.45, 7) is 2.51. The topological polar surface area (TPSA) is 41.1 Å². The Morgan fingerprint density at radius 2 is 2.00 bits per heavy atom. The van der Waals surface area contributed by atoms with Gasteiger partial charge in [-0.05, 0) is 46.7 Å². The van der Waals surface area contributed by atoms with Gasteiger partial charge in [0.1, 0.15) is 0 Å². The van der Waals surface area contributed by atoms with Gasteiger partial charge in [0, 0.05) is 30.0 Å². The van der Waals surface area contributed by atoms with E-state index in [1.807, 2.05) is 12.1 Å². The van der Waals surface area contributed by atoms with Gasteiger partial charge in [0.05, 0.1) is 0 Å². The summed E-state index contributed by atoms with van der Waals surface area (Å²) in [5.74, 6) is 0.672. The second kappa shape index (κ2) is 7.26. The highest BCUT2D eigenvalue weighted by Crippen LogP contribution is 2.47. The zero-order chi connectivity index (χ0) is 15.8. The molecule has 2 aromatic carbocycles. The molecule has 0 saturated heterocycles. The van der Waals surface area contributed by atoms with Crippen molar-refractivity contribution in [2.75, 3.05) is 0 Å². The van der Waals surface area contributed by atoms with Crippen LogP contribution in [-0.2, 0) is 24.4 Å². The number of benzene rings is 2. The lowest BCUT2D eigenvalue weighted by Crippen LogP contribution is -2.24. The molecule has 2 aromatic rings. The molecule has 2 N–H and O–H groups in total. The number of nitrogens with one attached hydrogen (secondary N) is 2. The number of fused-ring (bicyclic) bond motifs is 1. The smallest absolute Gasteiger partial charge is 0.224 e. The van der Waals surface area contributed by atoms with E-state index in [4.69, 9.17) is 0 Å². The van der Waals surface area contributed by atoms with E-state index in [0.717, 1.165) is 24.0 Å². The minimum absolute atomic E-state index is 0. The predicted octanol–water partition coefficient (Wildman–Crippen LogP) is 3.89. The molecule has 1 aliphatic carbocycles. The maximum Gasteiger partial charge on any atom is 0.224 e. The predicted molar refractivity (Wildman–Crippen MR) is 101 cm³/mol. The van der Waals surface area contributed by atoms with Crippen molar-refractivity contribution in [1.29, 1.82) is 0 Å². The Kier molecular flexibility index (Phi) is 5.28. The van der Waals surface area contributed by atoms with E-state index >= 15 is 0 Å². The molecule has 126 valence electrons. The molecule has 0 aromatic heterocycles. The zero-order valence-corrected chi connectivity index (χ0v) is 15.6. The number of halogens is 2. The van der Waals surface area contributed by atoms with E-state index < -0.39 is 0 Å². The first kappa shape index (κ1) is 17.5. The highest BCUT2D eigenvalue weighted by Gasteiger charge is 2.43. The fourth-order valence-electron chi connectivity index (χ4n) is 3.37. The largest absolute Gasteiger partial charge is 0.352 e. The average molecular weight is 408 g/mol. The molecule has 1 fully saturated rings. The third-order valence-corrected chi connectivity index (χ3v) is 5.27. The average Bonchev–Trinajstić information content (AvgIpc) is 3.23. The van der Waals surface area contributed by atoms with Crippen LogP contribution in [0.5, 0.6) is 0 Å². The minimum Gasteiger partial charge on any atom is -0.352 e. The van der Waals surface area contributed by atoms with Crippen molar-refractivity contribution in [2.24, 2.45) is 5.92 Å². The normalized spacial score (nSPS) is 20.9. The summed E-state index contributed by atoms with van der Waals surface area (Å²) in [5, 5.41) is 6.44. The van der Waals surface area contributed by atoms with Crippen LogP contribution >= 0.6 is 28.3 Å². The van der Waals surface area contributed by atoms with Gasteiger partial charge in [-0.2, -0.15) is 0 Å². The fraction of sp³-hybridized carbons (Fsp3) is 0.316. The van der Waals surface area contributed by atoms with Gasteiger partial charge in [0.15, 0.2) is 0 Å². The fourth-order valence-corrected chi connectivity index (χ4v) is 3.79. The van der Waals surface area contributed by atoms with Crippen LogP contribution in [0.2, 0.25) is 0 Å². The molecule has 24 heavy (non-hydrogen) atoms. The molecule has 0 spiro atoms. The number of hydrogen-bond acceptors (Lipinski definition) is 2. The Bertz CT molecular complexity index is 765. The van der Waals surface area contributed by atoms with Gasteiger partial charge in [-0.25, -0.2) is 0 Å². The summed E-state index contributed by atoms with van der Waals surface area (Å²) in [6.07, 6.45) is 0.955. The summed E-state index contributed by atoms with van der Waals surface area (Å²) in [4.78, 5) is 12.3. The summed E-state index contributed by atoms with van der Waals surface area (Å²) >= 11 is 3.50. The number of rotatable bonds is 4. The Hall–Kier alpha value is -1.36. The van der Waals surface area contributed by atoms with Crippen LogP contribution in [0, 0.1) is 5.92 Å². The van der Waals surface area contributed by atoms with Crippen molar-refractivity contribution >= 4 is 34.2 Å². The third kappa shape index (κ3) is 3.66. The van der Waals surface area contributed by atoms with Crippen LogP contribution in [0.15, 0.2) is 46.9 Å². The van der Waals surface area contributed by atoms with Crippen molar-refractivity contribution < 1.29 is 4.79 Å². The van der Waals surface area contributed by atoms with E-state index in [2.05, 4.69) is 56.9 Å². The van der Waals surface area contributed by atoms with Crippen LogP contribution in [0.1, 0.15) is 34.6 Å². The molecule has 1 saturated carbocycles. The van der Waals surface area contributed by atoms with Gasteiger partial charge in [-0.1, -0.05) is 46.3 Å². The Balaban J connectivity index is 0.00000169. The van der Waals surface area contributed by atoms with Gasteiger partial charge in [0.25, 0.3) is 0 Å². The molecule has 1 amide bonds. The lowest BCUT2D eigenvalue weighted by Gasteiger charge is -2.07. The van der Waals surface area contributed by atoms with Gasteiger partial charge < -0.3 is 10.6 Å². The number of carbonyl (C=O) groups is 1. The molecule has 2 aliphatic rings. The first-order chi connectivity index (χ1) is 11.2. The maximum absolute atomic E-state index is 12.3. The molecule has 2 unspecified atom stereocenters. The summed E-state index contributed by atoms with van der Waals surface area (Å²) < 4.78 is 1.08. The van der Waals surface area contributed by atoms with Gasteiger partial charge in [0.2, 0.25) is 5.91 Å². The third-order valence-electron chi connectivity index (χ3n) is 4.77. The summed E-state index contributed by atoms with van der Waals surface area (Å²) in [6, 6.07) is 14.8. The SMILES string of the molecule is Cl.O=C(NCc1ccc2c(c1)CNC2)C1CC1c1cccc(Br)c1. The summed E-state index contributed by atoms with van der Waals surface area (Å²) in [7, 11) is 0. The van der Waals surface area contributed by atoms with E-state index in [1.165, 1.54) is 22.3 Å². The van der Waals surface area contributed by atoms with Gasteiger partial charge in [-0.3, -0.25) is 4.79 Å². The molecule has 0 bridgehead atoms. The maximum atomic E-state index is 12.3. The molecular weight excluding hydrogens is 388 g/mol. The van der Waals surface area contributed by atoms with E-state index in [1.54, 1.807) is 0 Å². The minimum atomic E-state index is 0. The quantitative estimate of drug-likeness (QED) is 0.807. The first-order valence-corrected chi connectivity index (χ1v) is 8.84. The van der Waals surface area contributed by atoms with Crippen molar-refractivity contribution in [2.45, 2.75) is 32.0 Å². The number of amides is 1. The second-order valence-corrected chi connectivity index (χ2v) is 7.34. The molecular formula is C19H20BrClN2O. The molecule has 2 atom stereocenters. The second-order valence-electron chi connectivity index (χ2n) is 6.43. The Morgan fingerprint density at radius 1 is 1.17 bits per heavy atom. The Labute approximate surface area is 156 Å². The molecule has 0 radical (unpaired) electrons. The molecule has 5 heteroatoms. The number of hydrogen-bond donors (Lipinski definition) is 2. The van der Waals surface area contributed by atoms with Crippen LogP contribution < -0.4 is 10.6 Å². The molecule has 1 heterocycles. The van der Waals surface area contributed by atoms with Crippen molar-refractivity contribution in [1.82, 2.24) is 10.6 Å². The van der Waals surface area contributed by atoms with Crippen LogP contribution in [-0.4, -0.2) is 5.91 Å². The van der Waals surface area contributed by atoms with Crippen LogP contribution in [0.4, 0.5) is 0 Å². The number of carbonyl (C=O) groups excluding carboxylic acids is 1. The molecule has 1 aliphatic heterocycles. The van der Waals surface area contributed by atoms with Gasteiger partial charge >= 0.3 is 0 Å². The standard InChI is InChI=1S/C19H19BrN2O.ClH/c20-16-3-1-2-13(7-16)17-8-18(17)19(23)22-9-12-4-5-14-10-21-11-15(14)6-12;/h1-7,17-18,21H,8-11H2,(H,22,23);1H. The van der Waals surface area contributed by atoms with Crippen LogP contribution in [0.25, 0.3) is 0 Å². The first-order valence-electron chi connectivity index (χ1n) is 8.05. The highest BCUT2D eigenvalue weighted by atomic mass is 79.9. The lowest BCUT2D eigenvalue weighted by molar-refractivity contribution is -0.122. The van der Waals surface area contributed by atoms with E-state index in [0.29, 0.717) is 12.5 Å². The van der Waals surface area contributed by atoms with Crippen molar-refractivity contribution in [3.05, 3.63) is 69.2 Å². The molecule has 4 rings (SSSR count). The Morgan fingerprint density at radius 3 is 2.83 bits per heavy atom. The van der Waals surface area contributed by atoms with E-state index in [-0.39, 0.29) is 24.2 Å². The monoisotopic (exact) mass is 406 g/mol. The summed E-state index contributed by atoms with van der Waals surface area (Å²) in [5.41, 5.74) is 5.16. The van der Waals surface area contributed by atoms with Crippen LogP contribution in [0.3, 0.4) is 0 Å². The molecule has 3 nitrogen and oxygen atoms in total. The highest BCUT2D eigenvalue weighted by molar-refractivity contribution is 9.10. The van der Waals surface area contributed by atoms with Gasteiger partial charge in [-0.15, -0.1) is 12.4 Å². The lowest BCUT2D eigenvalue weighted by atomic mass is 10.1. The van der Waals surface area contributed by atoms with Crippen molar-refractivity contribution in [3.63, 3.8) is 0 Å².